The maximum Gasteiger partial charge on any atom is 0.317 e. The Morgan fingerprint density at radius 2 is 2.04 bits per heavy atom. The number of halogens is 1. The molecule has 0 saturated heterocycles. The highest BCUT2D eigenvalue weighted by atomic mass is 79.9. The van der Waals surface area contributed by atoms with Crippen molar-refractivity contribution in [2.45, 2.75) is 20.0 Å². The van der Waals surface area contributed by atoms with Crippen molar-refractivity contribution in [2.24, 2.45) is 0 Å². The monoisotopic (exact) mass is 418 g/mol. The number of pyridine rings is 1. The molecule has 0 radical (unpaired) electrons. The van der Waals surface area contributed by atoms with E-state index in [-0.39, 0.29) is 12.4 Å². The lowest BCUT2D eigenvalue weighted by Gasteiger charge is -2.04. The van der Waals surface area contributed by atoms with Crippen molar-refractivity contribution in [3.8, 4) is 11.5 Å². The van der Waals surface area contributed by atoms with Gasteiger partial charge in [-0.25, -0.2) is 9.97 Å². The number of benzene rings is 1. The summed E-state index contributed by atoms with van der Waals surface area (Å²) in [5.74, 6) is 0.804. The average Bonchev–Trinajstić information content (AvgIpc) is 3.04. The first-order valence-corrected chi connectivity index (χ1v) is 9.21. The molecule has 3 rings (SSSR count). The summed E-state index contributed by atoms with van der Waals surface area (Å²) in [7, 11) is 0. The third-order valence-electron chi connectivity index (χ3n) is 3.26. The van der Waals surface area contributed by atoms with Gasteiger partial charge in [-0.05, 0) is 47.1 Å². The summed E-state index contributed by atoms with van der Waals surface area (Å²) in [6.07, 6.45) is 1.71. The number of rotatable bonds is 6. The van der Waals surface area contributed by atoms with E-state index in [1.807, 2.05) is 36.6 Å². The van der Waals surface area contributed by atoms with Crippen molar-refractivity contribution < 1.29 is 14.3 Å². The van der Waals surface area contributed by atoms with Crippen molar-refractivity contribution in [3.05, 3.63) is 68.8 Å². The summed E-state index contributed by atoms with van der Waals surface area (Å²) in [6, 6.07) is 11.2. The van der Waals surface area contributed by atoms with Gasteiger partial charge in [0.2, 0.25) is 0 Å². The van der Waals surface area contributed by atoms with Crippen LogP contribution >= 0.6 is 27.3 Å². The number of carbonyl (C=O) groups excluding carboxylic acids is 1. The number of hydrogen-bond acceptors (Lipinski definition) is 6. The Labute approximate surface area is 157 Å². The predicted molar refractivity (Wildman–Crippen MR) is 98.9 cm³/mol. The number of esters is 1. The van der Waals surface area contributed by atoms with Crippen LogP contribution in [0.15, 0.2) is 52.6 Å². The van der Waals surface area contributed by atoms with E-state index in [4.69, 9.17) is 9.47 Å². The Morgan fingerprint density at radius 3 is 2.80 bits per heavy atom. The summed E-state index contributed by atoms with van der Waals surface area (Å²) < 4.78 is 11.5. The Hall–Kier alpha value is -2.25. The highest BCUT2D eigenvalue weighted by molar-refractivity contribution is 9.10. The molecule has 0 bridgehead atoms. The quantitative estimate of drug-likeness (QED) is 0.440. The van der Waals surface area contributed by atoms with E-state index < -0.39 is 0 Å². The van der Waals surface area contributed by atoms with Crippen LogP contribution in [0.2, 0.25) is 0 Å². The molecule has 128 valence electrons. The number of aryl methyl sites for hydroxylation is 1. The Morgan fingerprint density at radius 1 is 1.24 bits per heavy atom. The number of aromatic nitrogens is 2. The van der Waals surface area contributed by atoms with Crippen LogP contribution < -0.4 is 9.47 Å². The smallest absolute Gasteiger partial charge is 0.317 e. The van der Waals surface area contributed by atoms with E-state index in [9.17, 15) is 4.79 Å². The van der Waals surface area contributed by atoms with E-state index in [0.717, 1.165) is 10.8 Å². The summed E-state index contributed by atoms with van der Waals surface area (Å²) in [4.78, 5) is 20.4. The Bertz CT molecular complexity index is 865. The van der Waals surface area contributed by atoms with Crippen LogP contribution in [0.4, 0.5) is 0 Å². The third kappa shape index (κ3) is 5.11. The fourth-order valence-electron chi connectivity index (χ4n) is 2.03. The topological polar surface area (TPSA) is 61.3 Å². The first-order valence-electron chi connectivity index (χ1n) is 7.54. The zero-order valence-corrected chi connectivity index (χ0v) is 15.8. The number of thiazole rings is 1. The second-order valence-electron chi connectivity index (χ2n) is 5.28. The first-order chi connectivity index (χ1) is 12.1. The van der Waals surface area contributed by atoms with Crippen molar-refractivity contribution in [1.82, 2.24) is 9.97 Å². The summed E-state index contributed by atoms with van der Waals surface area (Å²) >= 11 is 4.70. The molecule has 2 aromatic heterocycles. The predicted octanol–water partition coefficient (Wildman–Crippen LogP) is 4.34. The zero-order chi connectivity index (χ0) is 17.6. The molecular weight excluding hydrogens is 404 g/mol. The largest absolute Gasteiger partial charge is 0.486 e. The van der Waals surface area contributed by atoms with Gasteiger partial charge in [0.15, 0.2) is 5.75 Å². The van der Waals surface area contributed by atoms with Gasteiger partial charge in [-0.1, -0.05) is 17.7 Å². The van der Waals surface area contributed by atoms with Crippen LogP contribution in [0, 0.1) is 6.92 Å². The van der Waals surface area contributed by atoms with E-state index in [1.54, 1.807) is 18.3 Å². The van der Waals surface area contributed by atoms with E-state index in [2.05, 4.69) is 25.9 Å². The number of hydrogen-bond donors (Lipinski definition) is 0. The van der Waals surface area contributed by atoms with Gasteiger partial charge < -0.3 is 9.47 Å². The molecule has 1 aromatic carbocycles. The van der Waals surface area contributed by atoms with Crippen molar-refractivity contribution in [3.63, 3.8) is 0 Å². The average molecular weight is 419 g/mol. The van der Waals surface area contributed by atoms with Crippen LogP contribution in [-0.4, -0.2) is 15.9 Å². The zero-order valence-electron chi connectivity index (χ0n) is 13.4. The van der Waals surface area contributed by atoms with E-state index in [1.165, 1.54) is 16.9 Å². The highest BCUT2D eigenvalue weighted by Crippen LogP contribution is 2.22. The third-order valence-corrected chi connectivity index (χ3v) is 4.72. The molecule has 0 fully saturated rings. The molecule has 0 atom stereocenters. The molecule has 2 heterocycles. The van der Waals surface area contributed by atoms with Gasteiger partial charge in [0.05, 0.1) is 12.1 Å². The minimum atomic E-state index is -0.384. The lowest BCUT2D eigenvalue weighted by molar-refractivity contribution is -0.133. The van der Waals surface area contributed by atoms with Gasteiger partial charge in [-0.15, -0.1) is 11.3 Å². The molecule has 7 heteroatoms. The Balaban J connectivity index is 1.53. The van der Waals surface area contributed by atoms with Gasteiger partial charge in [0, 0.05) is 11.6 Å². The van der Waals surface area contributed by atoms with Crippen molar-refractivity contribution >= 4 is 33.2 Å². The number of ether oxygens (including phenoxy) is 2. The fourth-order valence-corrected chi connectivity index (χ4v) is 3.07. The summed E-state index contributed by atoms with van der Waals surface area (Å²) in [6.45, 7) is 2.40. The molecule has 0 N–H and O–H groups in total. The SMILES string of the molecule is Cc1ccc(OCc2nc(CC(=O)Oc3cccnc3Br)cs2)cc1. The Kier molecular flexibility index (Phi) is 5.78. The molecule has 0 aliphatic carbocycles. The lowest BCUT2D eigenvalue weighted by atomic mass is 10.2. The van der Waals surface area contributed by atoms with Crippen molar-refractivity contribution in [2.75, 3.05) is 0 Å². The second kappa shape index (κ2) is 8.22. The van der Waals surface area contributed by atoms with Gasteiger partial charge in [-0.2, -0.15) is 0 Å². The molecule has 0 unspecified atom stereocenters. The lowest BCUT2D eigenvalue weighted by Crippen LogP contribution is -2.12. The fraction of sp³-hybridized carbons (Fsp3) is 0.167. The van der Waals surface area contributed by atoms with Gasteiger partial charge in [0.1, 0.15) is 22.0 Å². The molecule has 25 heavy (non-hydrogen) atoms. The molecule has 0 amide bonds. The van der Waals surface area contributed by atoms with E-state index in [0.29, 0.717) is 22.7 Å². The summed E-state index contributed by atoms with van der Waals surface area (Å²) in [5.41, 5.74) is 1.85. The minimum Gasteiger partial charge on any atom is -0.486 e. The standard InChI is InChI=1S/C18H15BrN2O3S/c1-12-4-6-14(7-5-12)23-10-16-21-13(11-25-16)9-17(22)24-15-3-2-8-20-18(15)19/h2-8,11H,9-10H2,1H3. The highest BCUT2D eigenvalue weighted by Gasteiger charge is 2.12. The molecule has 0 spiro atoms. The van der Waals surface area contributed by atoms with Crippen LogP contribution in [0.5, 0.6) is 11.5 Å². The first kappa shape index (κ1) is 17.6. The molecule has 3 aromatic rings. The second-order valence-corrected chi connectivity index (χ2v) is 6.97. The summed E-state index contributed by atoms with van der Waals surface area (Å²) in [5, 5.41) is 2.65. The number of nitrogens with zero attached hydrogens (tertiary/aromatic N) is 2. The van der Waals surface area contributed by atoms with Crippen molar-refractivity contribution in [1.29, 1.82) is 0 Å². The minimum absolute atomic E-state index is 0.0996. The maximum atomic E-state index is 12.0. The normalized spacial score (nSPS) is 10.5. The van der Waals surface area contributed by atoms with Crippen LogP contribution in [0.3, 0.4) is 0 Å². The van der Waals surface area contributed by atoms with Gasteiger partial charge >= 0.3 is 5.97 Å². The molecule has 0 aliphatic heterocycles. The molecule has 0 saturated carbocycles. The molecule has 0 aliphatic rings. The van der Waals surface area contributed by atoms with Crippen LogP contribution in [-0.2, 0) is 17.8 Å². The van der Waals surface area contributed by atoms with E-state index >= 15 is 0 Å². The van der Waals surface area contributed by atoms with Crippen LogP contribution in [0.1, 0.15) is 16.3 Å². The van der Waals surface area contributed by atoms with Gasteiger partial charge in [0.25, 0.3) is 0 Å². The maximum absolute atomic E-state index is 12.0. The van der Waals surface area contributed by atoms with Crippen LogP contribution in [0.25, 0.3) is 0 Å². The molecular formula is C18H15BrN2O3S. The molecule has 5 nitrogen and oxygen atoms in total. The van der Waals surface area contributed by atoms with Gasteiger partial charge in [-0.3, -0.25) is 4.79 Å². The number of carbonyl (C=O) groups is 1.